The highest BCUT2D eigenvalue weighted by Crippen LogP contribution is 2.28. The van der Waals surface area contributed by atoms with Gasteiger partial charge in [0.15, 0.2) is 0 Å². The number of oxime groups is 1. The molecule has 0 radical (unpaired) electrons. The topological polar surface area (TPSA) is 138 Å². The minimum absolute atomic E-state index is 0.470. The first-order chi connectivity index (χ1) is 13.0. The van der Waals surface area contributed by atoms with Crippen LogP contribution in [0.25, 0.3) is 0 Å². The summed E-state index contributed by atoms with van der Waals surface area (Å²) in [6, 6.07) is 4.32. The molecule has 162 valence electrons. The molecular weight excluding hydrogens is 470 g/mol. The molecule has 0 atom stereocenters. The van der Waals surface area contributed by atoms with Crippen molar-refractivity contribution in [2.24, 2.45) is 5.16 Å². The van der Waals surface area contributed by atoms with Gasteiger partial charge in [0.25, 0.3) is 5.91 Å². The lowest BCUT2D eigenvalue weighted by molar-refractivity contribution is -0.278. The number of hydroxylamine groups is 2. The molecule has 0 bridgehead atoms. The third-order valence-electron chi connectivity index (χ3n) is 2.55. The quantitative estimate of drug-likeness (QED) is 0.441. The average Bonchev–Trinajstić information content (AvgIpc) is 2.73. The molecule has 0 aromatic heterocycles. The van der Waals surface area contributed by atoms with Gasteiger partial charge in [-0.25, -0.2) is 4.28 Å². The molecule has 0 N–H and O–H groups in total. The molecule has 19 heteroatoms. The third-order valence-corrected chi connectivity index (χ3v) is 3.92. The number of amides is 1. The maximum Gasteiger partial charge on any atom is 0.539 e. The van der Waals surface area contributed by atoms with E-state index >= 15 is 0 Å². The van der Waals surface area contributed by atoms with E-state index in [0.717, 1.165) is 12.1 Å². The monoisotopic (exact) mass is 474 g/mol. The van der Waals surface area contributed by atoms with Crippen molar-refractivity contribution in [3.8, 4) is 0 Å². The summed E-state index contributed by atoms with van der Waals surface area (Å²) in [7, 11) is -11.9. The second-order valence-electron chi connectivity index (χ2n) is 4.58. The Morgan fingerprint density at radius 2 is 1.31 bits per heavy atom. The van der Waals surface area contributed by atoms with Crippen LogP contribution in [0, 0.1) is 0 Å². The average molecular weight is 474 g/mol. The van der Waals surface area contributed by atoms with Crippen LogP contribution in [0.5, 0.6) is 0 Å². The summed E-state index contributed by atoms with van der Waals surface area (Å²) in [5, 5.41) is 2.11. The molecule has 11 nitrogen and oxygen atoms in total. The molecule has 0 spiro atoms. The normalized spacial score (nSPS) is 17.0. The van der Waals surface area contributed by atoms with Gasteiger partial charge in [0.1, 0.15) is 0 Å². The van der Waals surface area contributed by atoms with E-state index in [4.69, 9.17) is 0 Å². The van der Waals surface area contributed by atoms with Gasteiger partial charge in [-0.1, -0.05) is 18.2 Å². The Balaban J connectivity index is 2.41. The van der Waals surface area contributed by atoms with E-state index in [1.54, 1.807) is 0 Å². The predicted molar refractivity (Wildman–Crippen MR) is 73.4 cm³/mol. The van der Waals surface area contributed by atoms with Crippen LogP contribution in [0.4, 0.5) is 26.3 Å². The molecule has 0 saturated heterocycles. The smallest absolute Gasteiger partial charge is 0.266 e. The van der Waals surface area contributed by atoms with Gasteiger partial charge in [0, 0.05) is 5.56 Å². The van der Waals surface area contributed by atoms with Crippen molar-refractivity contribution >= 4 is 32.5 Å². The molecule has 0 fully saturated rings. The molecule has 2 rings (SSSR count). The van der Waals surface area contributed by atoms with Crippen molar-refractivity contribution in [3.05, 3.63) is 35.4 Å². The highest BCUT2D eigenvalue weighted by atomic mass is 32.3. The minimum Gasteiger partial charge on any atom is -0.266 e. The lowest BCUT2D eigenvalue weighted by atomic mass is 10.1. The Hall–Kier alpha value is -2.48. The van der Waals surface area contributed by atoms with E-state index in [1.807, 2.05) is 0 Å². The number of hydrogen-bond donors (Lipinski definition) is 0. The second-order valence-corrected chi connectivity index (χ2v) is 6.85. The molecule has 0 aliphatic carbocycles. The van der Waals surface area contributed by atoms with Gasteiger partial charge in [-0.05, 0) is 11.2 Å². The summed E-state index contributed by atoms with van der Waals surface area (Å²) in [5.41, 5.74) is -0.951. The molecule has 1 aromatic carbocycles. The van der Waals surface area contributed by atoms with E-state index in [0.29, 0.717) is 0 Å². The molecule has 29 heavy (non-hydrogen) atoms. The van der Waals surface area contributed by atoms with Gasteiger partial charge in [-0.2, -0.15) is 16.8 Å². The summed E-state index contributed by atoms with van der Waals surface area (Å²) < 4.78 is 130. The van der Waals surface area contributed by atoms with Crippen LogP contribution < -0.4 is 0 Å². The minimum atomic E-state index is -6.01. The Labute approximate surface area is 156 Å². The lowest BCUT2D eigenvalue weighted by Crippen LogP contribution is -2.36. The number of rotatable bonds is 6. The van der Waals surface area contributed by atoms with Crippen LogP contribution in [-0.2, 0) is 37.7 Å². The first-order valence-electron chi connectivity index (χ1n) is 6.44. The lowest BCUT2D eigenvalue weighted by Gasteiger charge is -2.15. The summed E-state index contributed by atoms with van der Waals surface area (Å²) in [6.07, 6.45) is -11.5. The molecular formula is C10H4F6N2O9S2. The van der Waals surface area contributed by atoms with Crippen molar-refractivity contribution in [2.75, 3.05) is 0 Å². The van der Waals surface area contributed by atoms with Crippen molar-refractivity contribution in [2.45, 2.75) is 12.7 Å². The number of carbonyl (C=O) groups is 1. The van der Waals surface area contributed by atoms with Crippen LogP contribution in [0.3, 0.4) is 0 Å². The number of nitrogens with zero attached hydrogens (tertiary/aromatic N) is 2. The molecule has 1 aliphatic rings. The molecule has 1 aromatic rings. The van der Waals surface area contributed by atoms with Gasteiger partial charge >= 0.3 is 33.5 Å². The number of fused-ring (bicyclic) bond motifs is 1. The molecule has 1 aliphatic heterocycles. The number of hydrogen-bond acceptors (Lipinski definition) is 10. The fourth-order valence-electron chi connectivity index (χ4n) is 1.77. The molecule has 0 saturated carbocycles. The van der Waals surface area contributed by atoms with Gasteiger partial charge in [0.05, 0.1) is 5.56 Å². The number of alkyl halides is 6. The fourth-order valence-corrected chi connectivity index (χ4v) is 2.78. The SMILES string of the molecule is O=C1c2ccccc2C(=NOS(=O)(=O)OC(F)(F)F)N1OS(=O)(=O)OC(F)(F)F. The van der Waals surface area contributed by atoms with Crippen LogP contribution in [-0.4, -0.2) is 46.4 Å². The zero-order chi connectivity index (χ0) is 22.3. The Morgan fingerprint density at radius 1 is 0.828 bits per heavy atom. The van der Waals surface area contributed by atoms with Crippen molar-refractivity contribution in [1.29, 1.82) is 0 Å². The van der Waals surface area contributed by atoms with Gasteiger partial charge in [-0.3, -0.25) is 4.79 Å². The zero-order valence-corrected chi connectivity index (χ0v) is 14.6. The molecule has 1 amide bonds. The standard InChI is InChI=1S/C10H4F6N2O9S2/c11-9(12,13)24-28(20,21)26-17-7-5-3-1-2-4-6(5)8(19)18(7)27-29(22,23)25-10(14,15)16/h1-4H. The Kier molecular flexibility index (Phi) is 5.82. The van der Waals surface area contributed by atoms with Crippen molar-refractivity contribution in [3.63, 3.8) is 0 Å². The van der Waals surface area contributed by atoms with E-state index < -0.39 is 61.5 Å². The van der Waals surface area contributed by atoms with Crippen LogP contribution >= 0.6 is 0 Å². The molecule has 1 heterocycles. The van der Waals surface area contributed by atoms with E-state index in [9.17, 15) is 48.0 Å². The van der Waals surface area contributed by atoms with Crippen LogP contribution in [0.2, 0.25) is 0 Å². The van der Waals surface area contributed by atoms with Crippen molar-refractivity contribution < 1.29 is 64.9 Å². The number of amidine groups is 1. The summed E-state index contributed by atoms with van der Waals surface area (Å²) >= 11 is 0. The first kappa shape index (κ1) is 22.8. The summed E-state index contributed by atoms with van der Waals surface area (Å²) in [6.45, 7) is 0. The van der Waals surface area contributed by atoms with Gasteiger partial charge in [-0.15, -0.1) is 44.1 Å². The van der Waals surface area contributed by atoms with Crippen molar-refractivity contribution in [1.82, 2.24) is 5.06 Å². The number of carbonyl (C=O) groups excluding carboxylic acids is 1. The molecule has 0 unspecified atom stereocenters. The van der Waals surface area contributed by atoms with E-state index in [1.165, 1.54) is 12.1 Å². The van der Waals surface area contributed by atoms with Gasteiger partial charge < -0.3 is 0 Å². The summed E-state index contributed by atoms with van der Waals surface area (Å²) in [5.74, 6) is -2.74. The van der Waals surface area contributed by atoms with Gasteiger partial charge in [0.2, 0.25) is 5.84 Å². The Bertz CT molecular complexity index is 1050. The van der Waals surface area contributed by atoms with Crippen LogP contribution in [0.1, 0.15) is 15.9 Å². The maximum absolute atomic E-state index is 12.1. The summed E-state index contributed by atoms with van der Waals surface area (Å²) in [4.78, 5) is 12.1. The van der Waals surface area contributed by atoms with E-state index in [-0.39, 0.29) is 0 Å². The number of halogens is 6. The largest absolute Gasteiger partial charge is 0.539 e. The fraction of sp³-hybridized carbons (Fsp3) is 0.200. The zero-order valence-electron chi connectivity index (χ0n) is 13.0. The maximum atomic E-state index is 12.1. The second kappa shape index (κ2) is 7.40. The Morgan fingerprint density at radius 3 is 1.83 bits per heavy atom. The van der Waals surface area contributed by atoms with Crippen LogP contribution in [0.15, 0.2) is 29.4 Å². The first-order valence-corrected chi connectivity index (χ1v) is 9.11. The highest BCUT2D eigenvalue weighted by molar-refractivity contribution is 7.82. The predicted octanol–water partition coefficient (Wildman–Crippen LogP) is 1.31. The third kappa shape index (κ3) is 6.25. The van der Waals surface area contributed by atoms with E-state index in [2.05, 4.69) is 22.1 Å². The highest BCUT2D eigenvalue weighted by Gasteiger charge is 2.44. The number of benzene rings is 1.